The van der Waals surface area contributed by atoms with Crippen LogP contribution in [-0.2, 0) is 32.0 Å². The lowest BCUT2D eigenvalue weighted by molar-refractivity contribution is -0.181. The molecule has 4 rings (SSSR count). The number of hydrogen-bond donors (Lipinski definition) is 3. The van der Waals surface area contributed by atoms with Crippen molar-refractivity contribution < 1.29 is 34.2 Å². The van der Waals surface area contributed by atoms with Crippen LogP contribution >= 0.6 is 0 Å². The smallest absolute Gasteiger partial charge is 0.235 e. The van der Waals surface area contributed by atoms with Gasteiger partial charge in [0.15, 0.2) is 34.7 Å². The highest BCUT2D eigenvalue weighted by Crippen LogP contribution is 2.51. The van der Waals surface area contributed by atoms with Gasteiger partial charge in [0.1, 0.15) is 5.75 Å². The zero-order valence-corrected chi connectivity index (χ0v) is 21.3. The molecule has 4 N–H and O–H groups in total. The summed E-state index contributed by atoms with van der Waals surface area (Å²) in [7, 11) is 3.13. The summed E-state index contributed by atoms with van der Waals surface area (Å²) in [6.45, 7) is 6.33. The molecule has 0 aliphatic heterocycles. The van der Waals surface area contributed by atoms with Gasteiger partial charge in [0, 0.05) is 5.92 Å². The summed E-state index contributed by atoms with van der Waals surface area (Å²) in [6.07, 6.45) is 1.86. The molecule has 1 aromatic rings. The van der Waals surface area contributed by atoms with E-state index in [1.165, 1.54) is 11.0 Å². The summed E-state index contributed by atoms with van der Waals surface area (Å²) in [5.74, 6) is -10.2. The molecule has 2 fully saturated rings. The van der Waals surface area contributed by atoms with Crippen molar-refractivity contribution >= 4 is 29.0 Å². The third kappa shape index (κ3) is 3.80. The SMILES string of the molecule is CN(C)[C@H]1C(=O)C(C(N)=O)C(=O)[C@]2(O)C(=O)C3C(=O)c4c(O)ccc(CCC(C)(C)C)c4C[C@@H]3C[C@H]12. The number of Topliss-reactive ketones (excluding diaryl/α,β-unsaturated/α-hetero) is 4. The average Bonchev–Trinajstić information content (AvgIpc) is 2.74. The first kappa shape index (κ1) is 26.2. The predicted octanol–water partition coefficient (Wildman–Crippen LogP) is 0.846. The first-order chi connectivity index (χ1) is 16.6. The largest absolute Gasteiger partial charge is 0.507 e. The molecule has 0 bridgehead atoms. The second-order valence-electron chi connectivity index (χ2n) is 11.9. The fourth-order valence-corrected chi connectivity index (χ4v) is 6.41. The van der Waals surface area contributed by atoms with Gasteiger partial charge < -0.3 is 15.9 Å². The van der Waals surface area contributed by atoms with E-state index in [1.807, 2.05) is 0 Å². The maximum Gasteiger partial charge on any atom is 0.235 e. The van der Waals surface area contributed by atoms with Gasteiger partial charge in [0.05, 0.1) is 17.5 Å². The molecule has 36 heavy (non-hydrogen) atoms. The molecule has 194 valence electrons. The first-order valence-electron chi connectivity index (χ1n) is 12.3. The number of ketones is 4. The summed E-state index contributed by atoms with van der Waals surface area (Å²) in [6, 6.07) is 2.13. The average molecular weight is 499 g/mol. The van der Waals surface area contributed by atoms with Crippen LogP contribution in [0.2, 0.25) is 0 Å². The van der Waals surface area contributed by atoms with E-state index in [0.717, 1.165) is 12.0 Å². The minimum absolute atomic E-state index is 0.0436. The van der Waals surface area contributed by atoms with E-state index < -0.39 is 64.4 Å². The number of aromatic hydroxyl groups is 1. The maximum absolute atomic E-state index is 13.8. The van der Waals surface area contributed by atoms with E-state index in [9.17, 15) is 34.2 Å². The number of nitrogens with zero attached hydrogens (tertiary/aromatic N) is 1. The Labute approximate surface area is 210 Å². The minimum atomic E-state index is -2.70. The lowest BCUT2D eigenvalue weighted by Crippen LogP contribution is -2.74. The lowest BCUT2D eigenvalue weighted by atomic mass is 9.52. The third-order valence-electron chi connectivity index (χ3n) is 8.19. The van der Waals surface area contributed by atoms with Crippen molar-refractivity contribution in [1.29, 1.82) is 0 Å². The first-order valence-corrected chi connectivity index (χ1v) is 12.3. The molecular weight excluding hydrogens is 464 g/mol. The molecule has 0 aromatic heterocycles. The topological polar surface area (TPSA) is 155 Å². The molecule has 2 saturated carbocycles. The Morgan fingerprint density at radius 1 is 1.14 bits per heavy atom. The highest BCUT2D eigenvalue weighted by Gasteiger charge is 2.69. The fraction of sp³-hybridized carbons (Fsp3) is 0.593. The number of benzene rings is 1. The summed E-state index contributed by atoms with van der Waals surface area (Å²) in [5, 5.41) is 22.2. The number of phenols is 1. The predicted molar refractivity (Wildman–Crippen MR) is 129 cm³/mol. The molecule has 1 aromatic carbocycles. The van der Waals surface area contributed by atoms with Crippen molar-refractivity contribution in [3.05, 3.63) is 28.8 Å². The zero-order chi connectivity index (χ0) is 26.9. The Morgan fingerprint density at radius 3 is 2.33 bits per heavy atom. The highest BCUT2D eigenvalue weighted by atomic mass is 16.3. The molecule has 0 saturated heterocycles. The van der Waals surface area contributed by atoms with Crippen LogP contribution in [0.1, 0.15) is 55.1 Å². The van der Waals surface area contributed by atoms with Crippen LogP contribution in [0, 0.1) is 29.1 Å². The monoisotopic (exact) mass is 498 g/mol. The van der Waals surface area contributed by atoms with E-state index in [2.05, 4.69) is 20.8 Å². The van der Waals surface area contributed by atoms with Crippen LogP contribution < -0.4 is 5.73 Å². The van der Waals surface area contributed by atoms with Crippen LogP contribution in [-0.4, -0.2) is 69.9 Å². The van der Waals surface area contributed by atoms with Gasteiger partial charge in [-0.3, -0.25) is 28.9 Å². The van der Waals surface area contributed by atoms with E-state index in [-0.39, 0.29) is 23.1 Å². The van der Waals surface area contributed by atoms with Crippen molar-refractivity contribution in [2.24, 2.45) is 34.8 Å². The summed E-state index contributed by atoms with van der Waals surface area (Å²) >= 11 is 0. The van der Waals surface area contributed by atoms with Crippen LogP contribution in [0.25, 0.3) is 0 Å². The number of rotatable bonds is 4. The summed E-state index contributed by atoms with van der Waals surface area (Å²) < 4.78 is 0. The number of carbonyl (C=O) groups excluding carboxylic acids is 5. The second-order valence-corrected chi connectivity index (χ2v) is 11.9. The van der Waals surface area contributed by atoms with Gasteiger partial charge in [-0.05, 0) is 68.3 Å². The Kier molecular flexibility index (Phi) is 6.24. The number of aryl methyl sites for hydroxylation is 1. The molecule has 0 spiro atoms. The van der Waals surface area contributed by atoms with Gasteiger partial charge in [-0.2, -0.15) is 0 Å². The molecule has 0 radical (unpaired) electrons. The second kappa shape index (κ2) is 8.59. The van der Waals surface area contributed by atoms with E-state index in [4.69, 9.17) is 5.73 Å². The molecule has 6 atom stereocenters. The fourth-order valence-electron chi connectivity index (χ4n) is 6.41. The Morgan fingerprint density at radius 2 is 1.78 bits per heavy atom. The summed E-state index contributed by atoms with van der Waals surface area (Å²) in [4.78, 5) is 67.4. The Bertz CT molecular complexity index is 1180. The molecule has 3 aliphatic carbocycles. The Hall–Kier alpha value is -2.91. The van der Waals surface area contributed by atoms with E-state index in [1.54, 1.807) is 20.2 Å². The van der Waals surface area contributed by atoms with E-state index in [0.29, 0.717) is 18.4 Å². The van der Waals surface area contributed by atoms with Crippen molar-refractivity contribution in [2.45, 2.75) is 58.1 Å². The van der Waals surface area contributed by atoms with Crippen LogP contribution in [0.15, 0.2) is 12.1 Å². The van der Waals surface area contributed by atoms with Crippen LogP contribution in [0.5, 0.6) is 5.75 Å². The third-order valence-corrected chi connectivity index (χ3v) is 8.19. The van der Waals surface area contributed by atoms with Gasteiger partial charge in [-0.1, -0.05) is 26.8 Å². The van der Waals surface area contributed by atoms with Crippen LogP contribution in [0.3, 0.4) is 0 Å². The van der Waals surface area contributed by atoms with E-state index >= 15 is 0 Å². The highest BCUT2D eigenvalue weighted by molar-refractivity contribution is 6.32. The molecule has 2 unspecified atom stereocenters. The zero-order valence-electron chi connectivity index (χ0n) is 21.3. The number of phenolic OH excluding ortho intramolecular Hbond substituents is 1. The van der Waals surface area contributed by atoms with Gasteiger partial charge in [-0.15, -0.1) is 0 Å². The minimum Gasteiger partial charge on any atom is -0.507 e. The van der Waals surface area contributed by atoms with Gasteiger partial charge in [0.25, 0.3) is 0 Å². The van der Waals surface area contributed by atoms with Crippen LogP contribution in [0.4, 0.5) is 0 Å². The maximum atomic E-state index is 13.8. The van der Waals surface area contributed by atoms with Gasteiger partial charge in [-0.25, -0.2) is 0 Å². The molecule has 0 heterocycles. The number of fused-ring (bicyclic) bond motifs is 3. The van der Waals surface area contributed by atoms with Gasteiger partial charge >= 0.3 is 0 Å². The molecule has 1 amide bonds. The number of aliphatic hydroxyl groups is 1. The number of carbonyl (C=O) groups is 5. The van der Waals surface area contributed by atoms with Crippen molar-refractivity contribution in [1.82, 2.24) is 4.90 Å². The quantitative estimate of drug-likeness (QED) is 0.516. The molecule has 3 aliphatic rings. The number of amides is 1. The molecule has 9 nitrogen and oxygen atoms in total. The number of hydrogen-bond acceptors (Lipinski definition) is 8. The Balaban J connectivity index is 1.82. The van der Waals surface area contributed by atoms with Gasteiger partial charge in [0.2, 0.25) is 5.91 Å². The number of primary amides is 1. The standard InChI is InChI=1S/C27H34N2O7/c1-26(2,3)9-8-12-6-7-16(30)18-14(12)10-13-11-15-20(29(4)5)22(32)19(25(28)35)24(34)27(15,36)23(33)17(13)21(18)31/h6-7,13,15,17,19-20,30,36H,8-11H2,1-5H3,(H2,28,35)/t13-,15-,17?,19?,20-,27-/m1/s1. The number of nitrogens with two attached hydrogens (primary N) is 1. The molecular formula is C27H34N2O7. The normalized spacial score (nSPS) is 32.2. The molecule has 9 heteroatoms. The van der Waals surface area contributed by atoms with Crippen molar-refractivity contribution in [3.8, 4) is 5.75 Å². The lowest BCUT2D eigenvalue weighted by Gasteiger charge is -2.52. The summed E-state index contributed by atoms with van der Waals surface area (Å²) in [5.41, 5.74) is 4.31. The van der Waals surface area contributed by atoms with Crippen molar-refractivity contribution in [3.63, 3.8) is 0 Å². The number of likely N-dealkylation sites (N-methyl/N-ethyl adjacent to an activating group) is 1. The van der Waals surface area contributed by atoms with Crippen molar-refractivity contribution in [2.75, 3.05) is 14.1 Å².